The van der Waals surface area contributed by atoms with Crippen molar-refractivity contribution in [1.29, 1.82) is 5.26 Å². The average molecular weight is 498 g/mol. The second-order valence-corrected chi connectivity index (χ2v) is 9.04. The molecule has 0 unspecified atom stereocenters. The third kappa shape index (κ3) is 5.48. The maximum absolute atomic E-state index is 13.5. The van der Waals surface area contributed by atoms with Gasteiger partial charge in [0.25, 0.3) is 5.91 Å². The Morgan fingerprint density at radius 3 is 2.25 bits per heavy atom. The Morgan fingerprint density at radius 2 is 1.64 bits per heavy atom. The van der Waals surface area contributed by atoms with Crippen LogP contribution in [0.25, 0.3) is 0 Å². The number of rotatable bonds is 7. The van der Waals surface area contributed by atoms with Gasteiger partial charge in [0.1, 0.15) is 16.7 Å². The van der Waals surface area contributed by atoms with E-state index < -0.39 is 17.1 Å². The molecule has 7 nitrogen and oxygen atoms in total. The van der Waals surface area contributed by atoms with Gasteiger partial charge in [-0.25, -0.2) is 4.79 Å². The fraction of sp³-hybridized carbons (Fsp3) is 0.143. The molecular weight excluding hydrogens is 474 g/mol. The van der Waals surface area contributed by atoms with E-state index in [9.17, 15) is 19.6 Å². The van der Waals surface area contributed by atoms with E-state index in [0.717, 1.165) is 5.56 Å². The Morgan fingerprint density at radius 1 is 1.00 bits per heavy atom. The van der Waals surface area contributed by atoms with Gasteiger partial charge in [-0.3, -0.25) is 14.5 Å². The van der Waals surface area contributed by atoms with Crippen LogP contribution in [0.1, 0.15) is 22.8 Å². The molecule has 1 N–H and O–H groups in total. The molecule has 0 radical (unpaired) electrons. The van der Waals surface area contributed by atoms with Gasteiger partial charge in [-0.05, 0) is 55.3 Å². The Labute approximate surface area is 213 Å². The Hall–Kier alpha value is -4.35. The summed E-state index contributed by atoms with van der Waals surface area (Å²) < 4.78 is 5.02. The van der Waals surface area contributed by atoms with E-state index in [4.69, 9.17) is 4.74 Å². The van der Waals surface area contributed by atoms with Crippen molar-refractivity contribution < 1.29 is 19.1 Å². The molecule has 36 heavy (non-hydrogen) atoms. The zero-order chi connectivity index (χ0) is 25.5. The van der Waals surface area contributed by atoms with Crippen LogP contribution in [-0.2, 0) is 20.7 Å². The molecule has 1 heterocycles. The quantitative estimate of drug-likeness (QED) is 0.282. The van der Waals surface area contributed by atoms with E-state index in [0.29, 0.717) is 23.4 Å². The molecule has 1 saturated heterocycles. The number of ether oxygens (including phenoxy) is 1. The number of esters is 1. The minimum Gasteiger partial charge on any atom is -0.462 e. The van der Waals surface area contributed by atoms with Gasteiger partial charge in [-0.15, -0.1) is 0 Å². The first-order chi connectivity index (χ1) is 17.5. The maximum atomic E-state index is 13.5. The van der Waals surface area contributed by atoms with Gasteiger partial charge in [0.15, 0.2) is 0 Å². The van der Waals surface area contributed by atoms with E-state index in [1.807, 2.05) is 18.2 Å². The van der Waals surface area contributed by atoms with Crippen molar-refractivity contribution in [2.24, 2.45) is 0 Å². The number of hydrogen-bond donors (Lipinski definition) is 1. The van der Waals surface area contributed by atoms with E-state index in [1.54, 1.807) is 79.7 Å². The molecule has 1 atom stereocenters. The van der Waals surface area contributed by atoms with Crippen LogP contribution in [-0.4, -0.2) is 29.6 Å². The summed E-state index contributed by atoms with van der Waals surface area (Å²) in [5, 5.41) is 12.4. The summed E-state index contributed by atoms with van der Waals surface area (Å²) in [6.45, 7) is 2.03. The summed E-state index contributed by atoms with van der Waals surface area (Å²) in [6.07, 6.45) is 0.360. The van der Waals surface area contributed by atoms with Crippen LogP contribution < -0.4 is 10.2 Å². The number of hydrogen-bond acceptors (Lipinski definition) is 6. The number of anilines is 2. The number of nitrogens with zero attached hydrogens (tertiary/aromatic N) is 2. The lowest BCUT2D eigenvalue weighted by Crippen LogP contribution is -2.30. The summed E-state index contributed by atoms with van der Waals surface area (Å²) in [7, 11) is 0. The fourth-order valence-corrected chi connectivity index (χ4v) is 5.03. The summed E-state index contributed by atoms with van der Waals surface area (Å²) >= 11 is 1.19. The molecule has 4 rings (SSSR count). The zero-order valence-corrected chi connectivity index (χ0v) is 20.3. The van der Waals surface area contributed by atoms with Crippen LogP contribution in [0.5, 0.6) is 0 Å². The number of amides is 2. The largest absolute Gasteiger partial charge is 0.462 e. The minimum atomic E-state index is -0.584. The van der Waals surface area contributed by atoms with Gasteiger partial charge < -0.3 is 10.1 Å². The number of nitrogens with one attached hydrogen (secondary N) is 1. The molecule has 2 amide bonds. The smallest absolute Gasteiger partial charge is 0.338 e. The number of benzene rings is 3. The minimum absolute atomic E-state index is 0.138. The Balaban J connectivity index is 1.64. The second-order valence-electron chi connectivity index (χ2n) is 7.85. The number of para-hydroxylation sites is 2. The van der Waals surface area contributed by atoms with E-state index >= 15 is 0 Å². The Bertz CT molecular complexity index is 1330. The topological polar surface area (TPSA) is 99.5 Å². The first-order valence-electron chi connectivity index (χ1n) is 11.3. The average Bonchev–Trinajstić information content (AvgIpc) is 3.21. The number of thioether (sulfide) groups is 1. The summed E-state index contributed by atoms with van der Waals surface area (Å²) in [5.74, 6) is -1.21. The van der Waals surface area contributed by atoms with Crippen molar-refractivity contribution in [2.75, 3.05) is 16.8 Å². The summed E-state index contributed by atoms with van der Waals surface area (Å²) in [4.78, 5) is 40.0. The molecule has 3 aromatic rings. The van der Waals surface area contributed by atoms with Crippen molar-refractivity contribution in [3.63, 3.8) is 0 Å². The van der Waals surface area contributed by atoms with Gasteiger partial charge >= 0.3 is 5.97 Å². The van der Waals surface area contributed by atoms with Crippen molar-refractivity contribution in [3.8, 4) is 6.07 Å². The number of nitriles is 1. The van der Waals surface area contributed by atoms with Crippen molar-refractivity contribution in [3.05, 3.63) is 107 Å². The molecule has 0 aliphatic carbocycles. The van der Waals surface area contributed by atoms with Crippen LogP contribution in [0, 0.1) is 11.3 Å². The molecule has 0 bridgehead atoms. The highest BCUT2D eigenvalue weighted by Gasteiger charge is 2.40. The van der Waals surface area contributed by atoms with Gasteiger partial charge in [-0.2, -0.15) is 5.26 Å². The molecule has 1 aliphatic heterocycles. The van der Waals surface area contributed by atoms with Crippen LogP contribution >= 0.6 is 11.8 Å². The monoisotopic (exact) mass is 497 g/mol. The molecule has 0 spiro atoms. The highest BCUT2D eigenvalue weighted by atomic mass is 32.2. The van der Waals surface area contributed by atoms with E-state index in [-0.39, 0.29) is 23.1 Å². The number of carbonyl (C=O) groups excluding carboxylic acids is 3. The summed E-state index contributed by atoms with van der Waals surface area (Å²) in [6, 6.07) is 26.7. The highest BCUT2D eigenvalue weighted by molar-refractivity contribution is 8.05. The molecule has 180 valence electrons. The molecular formula is C28H23N3O4S. The lowest BCUT2D eigenvalue weighted by atomic mass is 10.1. The van der Waals surface area contributed by atoms with Gasteiger partial charge in [-0.1, -0.05) is 60.3 Å². The van der Waals surface area contributed by atoms with Gasteiger partial charge in [0.05, 0.1) is 17.4 Å². The standard InChI is InChI=1S/C28H23N3O4S/c1-2-35-28(34)20-15-13-19(14-16-20)17-24-26(33)31(22-11-7-4-8-12-22)27(36-24)23(18-29)25(32)30-21-9-5-3-6-10-21/h3-16,24H,2,17H2,1H3,(H,30,32)/b27-23-/t24-/m0/s1. The molecule has 8 heteroatoms. The zero-order valence-electron chi connectivity index (χ0n) is 19.5. The normalized spacial score (nSPS) is 16.3. The molecule has 1 aliphatic rings. The molecule has 1 fully saturated rings. The Kier molecular flexibility index (Phi) is 7.83. The predicted octanol–water partition coefficient (Wildman–Crippen LogP) is 4.93. The van der Waals surface area contributed by atoms with Crippen molar-refractivity contribution in [1.82, 2.24) is 0 Å². The van der Waals surface area contributed by atoms with Gasteiger partial charge in [0, 0.05) is 11.4 Å². The maximum Gasteiger partial charge on any atom is 0.338 e. The molecule has 3 aromatic carbocycles. The first-order valence-corrected chi connectivity index (χ1v) is 12.2. The van der Waals surface area contributed by atoms with Crippen LogP contribution in [0.3, 0.4) is 0 Å². The summed E-state index contributed by atoms with van der Waals surface area (Å²) in [5.41, 5.74) is 2.26. The van der Waals surface area contributed by atoms with E-state index in [2.05, 4.69) is 5.32 Å². The van der Waals surface area contributed by atoms with Gasteiger partial charge in [0.2, 0.25) is 5.91 Å². The lowest BCUT2D eigenvalue weighted by Gasteiger charge is -2.18. The molecule has 0 saturated carbocycles. The van der Waals surface area contributed by atoms with E-state index in [1.165, 1.54) is 16.7 Å². The second kappa shape index (κ2) is 11.4. The van der Waals surface area contributed by atoms with Crippen LogP contribution in [0.2, 0.25) is 0 Å². The fourth-order valence-electron chi connectivity index (χ4n) is 3.72. The first kappa shape index (κ1) is 24.8. The lowest BCUT2D eigenvalue weighted by molar-refractivity contribution is -0.117. The number of carbonyl (C=O) groups is 3. The van der Waals surface area contributed by atoms with Crippen LogP contribution in [0.15, 0.2) is 95.5 Å². The predicted molar refractivity (Wildman–Crippen MR) is 139 cm³/mol. The highest BCUT2D eigenvalue weighted by Crippen LogP contribution is 2.42. The van der Waals surface area contributed by atoms with Crippen molar-refractivity contribution in [2.45, 2.75) is 18.6 Å². The van der Waals surface area contributed by atoms with Crippen molar-refractivity contribution >= 4 is 40.9 Å². The third-order valence-electron chi connectivity index (χ3n) is 5.44. The third-order valence-corrected chi connectivity index (χ3v) is 6.70. The SMILES string of the molecule is CCOC(=O)c1ccc(C[C@@H]2S/C(=C(/C#N)C(=O)Nc3ccccc3)N(c3ccccc3)C2=O)cc1. The van der Waals surface area contributed by atoms with Crippen LogP contribution in [0.4, 0.5) is 11.4 Å². The molecule has 0 aromatic heterocycles.